The first-order valence-electron chi connectivity index (χ1n) is 16.9. The Hall–Kier alpha value is -4.56. The fraction of sp³-hybridized carbons (Fsp3) is 0.459. The number of carbonyl (C=O) groups excluding carboxylic acids is 3. The van der Waals surface area contributed by atoms with Gasteiger partial charge >= 0.3 is 12.1 Å². The van der Waals surface area contributed by atoms with Crippen molar-refractivity contribution in [3.05, 3.63) is 83.7 Å². The Kier molecular flexibility index (Phi) is 14.5. The lowest BCUT2D eigenvalue weighted by molar-refractivity contribution is -0.140. The van der Waals surface area contributed by atoms with Gasteiger partial charge in [0.05, 0.1) is 25.1 Å². The Morgan fingerprint density at radius 3 is 2.29 bits per heavy atom. The normalized spacial score (nSPS) is 12.9. The van der Waals surface area contributed by atoms with Gasteiger partial charge in [-0.05, 0) is 41.3 Å². The fourth-order valence-corrected chi connectivity index (χ4v) is 6.39. The second-order valence-electron chi connectivity index (χ2n) is 14.8. The first kappa shape index (κ1) is 40.9. The van der Waals surface area contributed by atoms with Crippen LogP contribution < -0.4 is 10.6 Å². The van der Waals surface area contributed by atoms with E-state index in [2.05, 4.69) is 30.3 Å². The smallest absolute Gasteiger partial charge is 0.407 e. The third-order valence-electron chi connectivity index (χ3n) is 8.16. The maximum absolute atomic E-state index is 15.1. The molecule has 278 valence electrons. The van der Waals surface area contributed by atoms with Crippen molar-refractivity contribution in [1.82, 2.24) is 20.1 Å². The molecule has 0 spiro atoms. The van der Waals surface area contributed by atoms with Crippen molar-refractivity contribution in [2.24, 2.45) is 5.41 Å². The number of hydrogen-bond acceptors (Lipinski definition) is 6. The van der Waals surface area contributed by atoms with Crippen LogP contribution in [0.25, 0.3) is 11.1 Å². The minimum absolute atomic E-state index is 0.0242. The Morgan fingerprint density at radius 1 is 1.00 bits per heavy atom. The molecule has 0 aliphatic heterocycles. The summed E-state index contributed by atoms with van der Waals surface area (Å²) >= 11 is 0. The summed E-state index contributed by atoms with van der Waals surface area (Å²) < 4.78 is 36.6. The molecule has 3 amide bonds. The van der Waals surface area contributed by atoms with E-state index >= 15 is 4.39 Å². The summed E-state index contributed by atoms with van der Waals surface area (Å²) in [6.45, 7) is 11.3. The highest BCUT2D eigenvalue weighted by Gasteiger charge is 2.38. The Bertz CT molecular complexity index is 1650. The molecule has 2 aromatic carbocycles. The van der Waals surface area contributed by atoms with Crippen molar-refractivity contribution in [3.8, 4) is 11.1 Å². The number of amides is 3. The number of aliphatic carboxylic acids is 1. The molecule has 51 heavy (non-hydrogen) atoms. The number of carbonyl (C=O) groups is 4. The topological polar surface area (TPSA) is 150 Å². The standard InChI is InChI=1S/C37H50F2N4O7Si/c1-37(2,3)35(31-18-26(29-19-27(38)12-13-30(29)39)22-42(31)21-25-10-8-7-9-11-25)43(33(46)24-44)23-28(41-32(45)14-15-34(47)48)20-40-36(49)50-16-17-51(4,5)6/h7-13,18-19,22,28,35,44H,14-17,20-21,23-24H2,1-6H3,(H,40,49)(H,41,45)(H,47,48)/t28-,35?/m0/s1. The summed E-state index contributed by atoms with van der Waals surface area (Å²) in [7, 11) is -1.49. The molecule has 3 aromatic rings. The zero-order valence-corrected chi connectivity index (χ0v) is 31.2. The van der Waals surface area contributed by atoms with Crippen molar-refractivity contribution in [2.75, 3.05) is 26.3 Å². The molecule has 1 unspecified atom stereocenters. The van der Waals surface area contributed by atoms with Crippen LogP contribution >= 0.6 is 0 Å². The van der Waals surface area contributed by atoms with Gasteiger partial charge in [0.2, 0.25) is 11.8 Å². The number of halogens is 2. The van der Waals surface area contributed by atoms with Crippen molar-refractivity contribution in [3.63, 3.8) is 0 Å². The average Bonchev–Trinajstić information content (AvgIpc) is 3.44. The summed E-state index contributed by atoms with van der Waals surface area (Å²) in [5, 5.41) is 24.7. The van der Waals surface area contributed by atoms with E-state index in [4.69, 9.17) is 9.84 Å². The van der Waals surface area contributed by atoms with Crippen molar-refractivity contribution in [1.29, 1.82) is 0 Å². The van der Waals surface area contributed by atoms with Crippen LogP contribution in [-0.2, 0) is 25.7 Å². The number of aliphatic hydroxyl groups is 1. The molecule has 0 saturated heterocycles. The number of nitrogens with one attached hydrogen (secondary N) is 2. The van der Waals surface area contributed by atoms with Gasteiger partial charge in [-0.15, -0.1) is 0 Å². The van der Waals surface area contributed by atoms with E-state index in [0.717, 1.165) is 29.8 Å². The monoisotopic (exact) mass is 728 g/mol. The number of alkyl carbamates (subject to hydrolysis) is 1. The Labute approximate surface area is 299 Å². The maximum Gasteiger partial charge on any atom is 0.407 e. The Morgan fingerprint density at radius 2 is 1.69 bits per heavy atom. The molecule has 0 radical (unpaired) electrons. The number of rotatable bonds is 17. The highest BCUT2D eigenvalue weighted by molar-refractivity contribution is 6.76. The molecule has 14 heteroatoms. The predicted octanol–water partition coefficient (Wildman–Crippen LogP) is 5.80. The molecule has 2 atom stereocenters. The molecule has 0 bridgehead atoms. The zero-order valence-electron chi connectivity index (χ0n) is 30.2. The number of aromatic nitrogens is 1. The lowest BCUT2D eigenvalue weighted by Gasteiger charge is -2.42. The lowest BCUT2D eigenvalue weighted by Crippen LogP contribution is -2.54. The largest absolute Gasteiger partial charge is 0.481 e. The summed E-state index contributed by atoms with van der Waals surface area (Å²) in [6.07, 6.45) is 0.194. The number of nitrogens with zero attached hydrogens (tertiary/aromatic N) is 2. The first-order valence-corrected chi connectivity index (χ1v) is 20.6. The molecular weight excluding hydrogens is 679 g/mol. The first-order chi connectivity index (χ1) is 23.9. The van der Waals surface area contributed by atoms with Gasteiger partial charge in [0, 0.05) is 57.1 Å². The number of benzene rings is 2. The molecule has 1 aromatic heterocycles. The van der Waals surface area contributed by atoms with Crippen LogP contribution in [0.3, 0.4) is 0 Å². The quantitative estimate of drug-likeness (QED) is 0.128. The van der Waals surface area contributed by atoms with Crippen LogP contribution in [0, 0.1) is 17.0 Å². The van der Waals surface area contributed by atoms with Crippen LogP contribution in [0.5, 0.6) is 0 Å². The van der Waals surface area contributed by atoms with Crippen LogP contribution in [0.2, 0.25) is 25.7 Å². The Balaban J connectivity index is 2.08. The van der Waals surface area contributed by atoms with E-state index in [-0.39, 0.29) is 31.7 Å². The molecule has 0 aliphatic carbocycles. The second-order valence-corrected chi connectivity index (χ2v) is 20.5. The number of ether oxygens (including phenoxy) is 1. The summed E-state index contributed by atoms with van der Waals surface area (Å²) in [4.78, 5) is 51.8. The van der Waals surface area contributed by atoms with Crippen LogP contribution in [0.1, 0.15) is 50.9 Å². The minimum Gasteiger partial charge on any atom is -0.481 e. The van der Waals surface area contributed by atoms with Crippen molar-refractivity contribution in [2.45, 2.75) is 77.9 Å². The van der Waals surface area contributed by atoms with E-state index in [1.807, 2.05) is 55.7 Å². The SMILES string of the molecule is CC(C)(C)C(c1cc(-c2cc(F)ccc2F)cn1Cc1ccccc1)N(C[C@H](CNC(=O)OCC[Si](C)(C)C)NC(=O)CCC(=O)O)C(=O)CO. The van der Waals surface area contributed by atoms with Gasteiger partial charge in [-0.25, -0.2) is 13.6 Å². The number of aliphatic hydroxyl groups excluding tert-OH is 1. The number of carboxylic acid groups (broad SMARTS) is 1. The third kappa shape index (κ3) is 12.9. The average molecular weight is 729 g/mol. The van der Waals surface area contributed by atoms with Crippen LogP contribution in [-0.4, -0.2) is 84.0 Å². The highest BCUT2D eigenvalue weighted by atomic mass is 28.3. The zero-order chi connectivity index (χ0) is 37.9. The maximum atomic E-state index is 15.1. The van der Waals surface area contributed by atoms with Crippen molar-refractivity contribution >= 4 is 32.0 Å². The molecule has 0 fully saturated rings. The fourth-order valence-electron chi connectivity index (χ4n) is 5.68. The predicted molar refractivity (Wildman–Crippen MR) is 193 cm³/mol. The van der Waals surface area contributed by atoms with Crippen molar-refractivity contribution < 1.29 is 42.9 Å². The number of hydrogen-bond donors (Lipinski definition) is 4. The van der Waals surface area contributed by atoms with Crippen LogP contribution in [0.15, 0.2) is 60.8 Å². The van der Waals surface area contributed by atoms with Gasteiger partial charge in [-0.1, -0.05) is 70.7 Å². The molecule has 1 heterocycles. The summed E-state index contributed by atoms with van der Waals surface area (Å²) in [5.41, 5.74) is 1.09. The van der Waals surface area contributed by atoms with Gasteiger partial charge < -0.3 is 35.1 Å². The van der Waals surface area contributed by atoms with E-state index < -0.39 is 74.1 Å². The molecular formula is C37H50F2N4O7Si. The van der Waals surface area contributed by atoms with E-state index in [1.165, 1.54) is 4.90 Å². The van der Waals surface area contributed by atoms with Gasteiger partial charge in [-0.3, -0.25) is 14.4 Å². The lowest BCUT2D eigenvalue weighted by atomic mass is 9.82. The van der Waals surface area contributed by atoms with Gasteiger partial charge in [0.15, 0.2) is 0 Å². The third-order valence-corrected chi connectivity index (χ3v) is 9.86. The van der Waals surface area contributed by atoms with E-state index in [1.54, 1.807) is 12.3 Å². The molecule has 3 rings (SSSR count). The molecule has 4 N–H and O–H groups in total. The van der Waals surface area contributed by atoms with Crippen LogP contribution in [0.4, 0.5) is 13.6 Å². The molecule has 0 saturated carbocycles. The highest BCUT2D eigenvalue weighted by Crippen LogP contribution is 2.41. The van der Waals surface area contributed by atoms with Gasteiger partial charge in [-0.2, -0.15) is 0 Å². The van der Waals surface area contributed by atoms with E-state index in [0.29, 0.717) is 17.8 Å². The van der Waals surface area contributed by atoms with E-state index in [9.17, 15) is 28.7 Å². The molecule has 11 nitrogen and oxygen atoms in total. The molecule has 0 aliphatic rings. The minimum atomic E-state index is -1.49. The van der Waals surface area contributed by atoms with Gasteiger partial charge in [0.25, 0.3) is 0 Å². The summed E-state index contributed by atoms with van der Waals surface area (Å²) in [6, 6.07) is 13.3. The second kappa shape index (κ2) is 18.1. The van der Waals surface area contributed by atoms with Gasteiger partial charge in [0.1, 0.15) is 18.2 Å². The summed E-state index contributed by atoms with van der Waals surface area (Å²) in [5.74, 6) is -3.73. The number of carboxylic acids is 1.